The van der Waals surface area contributed by atoms with Crippen LogP contribution in [0.25, 0.3) is 0 Å². The molecule has 0 bridgehead atoms. The van der Waals surface area contributed by atoms with Gasteiger partial charge in [-0.05, 0) is 37.1 Å². The molecule has 0 unspecified atom stereocenters. The van der Waals surface area contributed by atoms with E-state index in [4.69, 9.17) is 16.3 Å². The summed E-state index contributed by atoms with van der Waals surface area (Å²) in [5.74, 6) is 1.67. The summed E-state index contributed by atoms with van der Waals surface area (Å²) in [6.07, 6.45) is 5.85. The molecule has 0 spiro atoms. The molecule has 1 atom stereocenters. The van der Waals surface area contributed by atoms with E-state index in [1.807, 2.05) is 24.3 Å². The van der Waals surface area contributed by atoms with Crippen molar-refractivity contribution >= 4 is 17.5 Å². The molecule has 1 aromatic carbocycles. The lowest BCUT2D eigenvalue weighted by Gasteiger charge is -2.33. The average Bonchev–Trinajstić information content (AvgIpc) is 2.61. The third-order valence-corrected chi connectivity index (χ3v) is 4.32. The maximum atomic E-state index is 6.09. The predicted molar refractivity (Wildman–Crippen MR) is 92.1 cm³/mol. The molecule has 0 radical (unpaired) electrons. The van der Waals surface area contributed by atoms with Crippen molar-refractivity contribution in [1.82, 2.24) is 15.3 Å². The first-order valence-electron chi connectivity index (χ1n) is 7.84. The lowest BCUT2D eigenvalue weighted by Crippen LogP contribution is -2.46. The van der Waals surface area contributed by atoms with Gasteiger partial charge in [-0.1, -0.05) is 11.6 Å². The van der Waals surface area contributed by atoms with Crippen molar-refractivity contribution in [1.29, 1.82) is 0 Å². The van der Waals surface area contributed by atoms with Gasteiger partial charge in [0, 0.05) is 48.7 Å². The molecule has 1 aromatic heterocycles. The molecule has 0 aliphatic carbocycles. The summed E-state index contributed by atoms with van der Waals surface area (Å²) in [6, 6.07) is 7.95. The summed E-state index contributed by atoms with van der Waals surface area (Å²) in [4.78, 5) is 10.9. The number of aromatic nitrogens is 2. The third-order valence-electron chi connectivity index (χ3n) is 4.08. The fourth-order valence-corrected chi connectivity index (χ4v) is 3.11. The van der Waals surface area contributed by atoms with Crippen LogP contribution >= 0.6 is 11.6 Å². The Morgan fingerprint density at radius 1 is 1.35 bits per heavy atom. The molecule has 0 saturated carbocycles. The number of nitrogens with zero attached hydrogens (tertiary/aromatic N) is 3. The predicted octanol–water partition coefficient (Wildman–Crippen LogP) is 2.90. The second kappa shape index (κ2) is 7.62. The molecule has 1 fully saturated rings. The fourth-order valence-electron chi connectivity index (χ4n) is 2.92. The largest absolute Gasteiger partial charge is 0.496 e. The Morgan fingerprint density at radius 2 is 2.17 bits per heavy atom. The molecule has 0 amide bonds. The molecule has 1 N–H and O–H groups in total. The molecule has 6 heteroatoms. The van der Waals surface area contributed by atoms with Crippen LogP contribution in [0.4, 0.5) is 5.95 Å². The molecule has 2 heterocycles. The molecular formula is C17H21ClN4O. The highest BCUT2D eigenvalue weighted by molar-refractivity contribution is 6.30. The Labute approximate surface area is 141 Å². The van der Waals surface area contributed by atoms with Crippen molar-refractivity contribution in [2.24, 2.45) is 0 Å². The summed E-state index contributed by atoms with van der Waals surface area (Å²) < 4.78 is 5.40. The van der Waals surface area contributed by atoms with E-state index in [1.54, 1.807) is 19.5 Å². The molecule has 1 saturated heterocycles. The second-order valence-electron chi connectivity index (χ2n) is 5.67. The molecule has 2 aromatic rings. The van der Waals surface area contributed by atoms with Gasteiger partial charge < -0.3 is 15.0 Å². The van der Waals surface area contributed by atoms with E-state index in [0.29, 0.717) is 6.04 Å². The van der Waals surface area contributed by atoms with E-state index < -0.39 is 0 Å². The Bertz CT molecular complexity index is 638. The lowest BCUT2D eigenvalue weighted by atomic mass is 10.1. The van der Waals surface area contributed by atoms with Crippen molar-refractivity contribution in [3.63, 3.8) is 0 Å². The number of methoxy groups -OCH3 is 1. The maximum Gasteiger partial charge on any atom is 0.225 e. The number of piperidine rings is 1. The van der Waals surface area contributed by atoms with Gasteiger partial charge in [-0.25, -0.2) is 9.97 Å². The number of ether oxygens (including phenoxy) is 1. The van der Waals surface area contributed by atoms with Crippen LogP contribution in [0.2, 0.25) is 5.02 Å². The highest BCUT2D eigenvalue weighted by Gasteiger charge is 2.21. The summed E-state index contributed by atoms with van der Waals surface area (Å²) >= 11 is 6.09. The van der Waals surface area contributed by atoms with Crippen LogP contribution in [0.1, 0.15) is 18.4 Å². The molecule has 23 heavy (non-hydrogen) atoms. The minimum atomic E-state index is 0.399. The lowest BCUT2D eigenvalue weighted by molar-refractivity contribution is 0.393. The van der Waals surface area contributed by atoms with Gasteiger partial charge in [0.15, 0.2) is 0 Å². The van der Waals surface area contributed by atoms with E-state index in [-0.39, 0.29) is 0 Å². The highest BCUT2D eigenvalue weighted by Crippen LogP contribution is 2.23. The quantitative estimate of drug-likeness (QED) is 0.912. The zero-order valence-corrected chi connectivity index (χ0v) is 14.0. The minimum Gasteiger partial charge on any atom is -0.496 e. The van der Waals surface area contributed by atoms with E-state index in [2.05, 4.69) is 20.2 Å². The highest BCUT2D eigenvalue weighted by atomic mass is 35.5. The van der Waals surface area contributed by atoms with Crippen LogP contribution in [-0.4, -0.2) is 36.2 Å². The second-order valence-corrected chi connectivity index (χ2v) is 6.11. The summed E-state index contributed by atoms with van der Waals surface area (Å²) in [6.45, 7) is 2.65. The third kappa shape index (κ3) is 4.12. The first-order valence-corrected chi connectivity index (χ1v) is 8.22. The Morgan fingerprint density at radius 3 is 2.96 bits per heavy atom. The monoisotopic (exact) mass is 332 g/mol. The molecule has 1 aliphatic rings. The van der Waals surface area contributed by atoms with Gasteiger partial charge in [-0.15, -0.1) is 0 Å². The van der Waals surface area contributed by atoms with Crippen molar-refractivity contribution in [3.05, 3.63) is 47.2 Å². The first kappa shape index (κ1) is 16.0. The normalized spacial score (nSPS) is 18.0. The van der Waals surface area contributed by atoms with Crippen LogP contribution in [0.5, 0.6) is 5.75 Å². The van der Waals surface area contributed by atoms with Crippen LogP contribution in [0.15, 0.2) is 36.7 Å². The minimum absolute atomic E-state index is 0.399. The number of anilines is 1. The number of rotatable bonds is 5. The Kier molecular flexibility index (Phi) is 5.31. The zero-order valence-electron chi connectivity index (χ0n) is 13.2. The standard InChI is InChI=1S/C17H21ClN4O/c1-23-16-6-5-14(18)10-13(16)11-21-15-4-2-9-22(12-15)17-19-7-3-8-20-17/h3,5-8,10,15,21H,2,4,9,11-12H2,1H3/t15-/m0/s1. The summed E-state index contributed by atoms with van der Waals surface area (Å²) in [5.41, 5.74) is 1.08. The van der Waals surface area contributed by atoms with Gasteiger partial charge >= 0.3 is 0 Å². The van der Waals surface area contributed by atoms with Gasteiger partial charge in [0.1, 0.15) is 5.75 Å². The van der Waals surface area contributed by atoms with Gasteiger partial charge in [-0.2, -0.15) is 0 Å². The van der Waals surface area contributed by atoms with Crippen LogP contribution in [-0.2, 0) is 6.54 Å². The number of hydrogen-bond acceptors (Lipinski definition) is 5. The van der Waals surface area contributed by atoms with Gasteiger partial charge in [0.25, 0.3) is 0 Å². The van der Waals surface area contributed by atoms with Crippen molar-refractivity contribution in [3.8, 4) is 5.75 Å². The number of hydrogen-bond donors (Lipinski definition) is 1. The molecule has 5 nitrogen and oxygen atoms in total. The smallest absolute Gasteiger partial charge is 0.225 e. The Hall–Kier alpha value is -1.85. The first-order chi connectivity index (χ1) is 11.3. The molecule has 1 aliphatic heterocycles. The topological polar surface area (TPSA) is 50.3 Å². The molecule has 3 rings (SSSR count). The molecule has 122 valence electrons. The maximum absolute atomic E-state index is 6.09. The number of halogens is 1. The fraction of sp³-hybridized carbons (Fsp3) is 0.412. The zero-order chi connectivity index (χ0) is 16.1. The van der Waals surface area contributed by atoms with Gasteiger partial charge in [-0.3, -0.25) is 0 Å². The molecular weight excluding hydrogens is 312 g/mol. The average molecular weight is 333 g/mol. The Balaban J connectivity index is 1.61. The summed E-state index contributed by atoms with van der Waals surface area (Å²) in [7, 11) is 1.68. The van der Waals surface area contributed by atoms with Crippen LogP contribution < -0.4 is 15.0 Å². The van der Waals surface area contributed by atoms with Gasteiger partial charge in [0.2, 0.25) is 5.95 Å². The van der Waals surface area contributed by atoms with Gasteiger partial charge in [0.05, 0.1) is 7.11 Å². The van der Waals surface area contributed by atoms with Crippen molar-refractivity contribution in [2.75, 3.05) is 25.1 Å². The van der Waals surface area contributed by atoms with Crippen LogP contribution in [0.3, 0.4) is 0 Å². The van der Waals surface area contributed by atoms with E-state index in [0.717, 1.165) is 54.8 Å². The van der Waals surface area contributed by atoms with Crippen molar-refractivity contribution < 1.29 is 4.74 Å². The van der Waals surface area contributed by atoms with E-state index in [9.17, 15) is 0 Å². The number of nitrogens with one attached hydrogen (secondary N) is 1. The number of benzene rings is 1. The summed E-state index contributed by atoms with van der Waals surface area (Å²) in [5, 5.41) is 4.33. The van der Waals surface area contributed by atoms with Crippen molar-refractivity contribution in [2.45, 2.75) is 25.4 Å². The van der Waals surface area contributed by atoms with E-state index >= 15 is 0 Å². The SMILES string of the molecule is COc1ccc(Cl)cc1CN[C@H]1CCCN(c2ncccn2)C1. The van der Waals surface area contributed by atoms with Crippen LogP contribution in [0, 0.1) is 0 Å². The van der Waals surface area contributed by atoms with E-state index in [1.165, 1.54) is 0 Å².